The molecule has 0 spiro atoms. The summed E-state index contributed by atoms with van der Waals surface area (Å²) < 4.78 is 1.90. The summed E-state index contributed by atoms with van der Waals surface area (Å²) in [5, 5.41) is 4.13. The van der Waals surface area contributed by atoms with Crippen molar-refractivity contribution in [3.8, 4) is 0 Å². The summed E-state index contributed by atoms with van der Waals surface area (Å²) in [5.74, 6) is 1.30. The zero-order chi connectivity index (χ0) is 8.97. The largest absolute Gasteiger partial charge is 0.246 e. The van der Waals surface area contributed by atoms with Crippen LogP contribution in [0.4, 0.5) is 0 Å². The van der Waals surface area contributed by atoms with Crippen molar-refractivity contribution in [2.75, 3.05) is 0 Å². The smallest absolute Gasteiger partial charge is 0.142 e. The fourth-order valence-corrected chi connectivity index (χ4v) is 1.47. The zero-order valence-corrected chi connectivity index (χ0v) is 8.25. The molecule has 0 saturated heterocycles. The Hall–Kier alpha value is -0.570. The van der Waals surface area contributed by atoms with Gasteiger partial charge in [-0.25, -0.2) is 9.67 Å². The SMILES string of the molecule is CCCC(C)n1ncnc1CCl. The molecule has 68 valence electrons. The van der Waals surface area contributed by atoms with E-state index in [1.165, 1.54) is 0 Å². The number of halogens is 1. The molecule has 0 aliphatic carbocycles. The highest BCUT2D eigenvalue weighted by Crippen LogP contribution is 2.13. The van der Waals surface area contributed by atoms with Gasteiger partial charge >= 0.3 is 0 Å². The Bertz CT molecular complexity index is 234. The Labute approximate surface area is 77.8 Å². The van der Waals surface area contributed by atoms with E-state index in [0.29, 0.717) is 11.9 Å². The molecule has 3 nitrogen and oxygen atoms in total. The summed E-state index contributed by atoms with van der Waals surface area (Å²) in [6.45, 7) is 4.29. The maximum Gasteiger partial charge on any atom is 0.142 e. The molecule has 0 aliphatic rings. The number of aromatic nitrogens is 3. The fraction of sp³-hybridized carbons (Fsp3) is 0.750. The highest BCUT2D eigenvalue weighted by atomic mass is 35.5. The average molecular weight is 188 g/mol. The van der Waals surface area contributed by atoms with E-state index in [-0.39, 0.29) is 0 Å². The molecule has 0 amide bonds. The monoisotopic (exact) mass is 187 g/mol. The van der Waals surface area contributed by atoms with E-state index in [0.717, 1.165) is 18.7 Å². The minimum atomic E-state index is 0.409. The predicted molar refractivity (Wildman–Crippen MR) is 49.2 cm³/mol. The molecule has 0 fully saturated rings. The van der Waals surface area contributed by atoms with Crippen LogP contribution in [0.3, 0.4) is 0 Å². The molecule has 1 aromatic heterocycles. The molecule has 1 heterocycles. The van der Waals surface area contributed by atoms with Crippen LogP contribution in [-0.2, 0) is 5.88 Å². The van der Waals surface area contributed by atoms with Gasteiger partial charge in [0.15, 0.2) is 0 Å². The first kappa shape index (κ1) is 9.52. The lowest BCUT2D eigenvalue weighted by atomic mass is 10.2. The molecular formula is C8H14ClN3. The first-order valence-corrected chi connectivity index (χ1v) is 4.77. The summed E-state index contributed by atoms with van der Waals surface area (Å²) in [4.78, 5) is 4.06. The molecule has 1 rings (SSSR count). The Morgan fingerprint density at radius 3 is 3.00 bits per heavy atom. The molecular weight excluding hydrogens is 174 g/mol. The van der Waals surface area contributed by atoms with Crippen LogP contribution >= 0.6 is 11.6 Å². The molecule has 0 N–H and O–H groups in total. The van der Waals surface area contributed by atoms with Crippen molar-refractivity contribution in [3.05, 3.63) is 12.2 Å². The Kier molecular flexibility index (Phi) is 3.53. The predicted octanol–water partition coefficient (Wildman–Crippen LogP) is 2.38. The van der Waals surface area contributed by atoms with E-state index in [1.54, 1.807) is 6.33 Å². The quantitative estimate of drug-likeness (QED) is 0.678. The molecule has 0 saturated carbocycles. The second kappa shape index (κ2) is 4.45. The molecule has 0 aliphatic heterocycles. The second-order valence-corrected chi connectivity index (χ2v) is 3.16. The summed E-state index contributed by atoms with van der Waals surface area (Å²) in [5.41, 5.74) is 0. The minimum Gasteiger partial charge on any atom is -0.246 e. The standard InChI is InChI=1S/C8H14ClN3/c1-3-4-7(2)12-8(5-9)10-6-11-12/h6-7H,3-5H2,1-2H3. The maximum absolute atomic E-state index is 5.69. The van der Waals surface area contributed by atoms with Crippen LogP contribution in [0.5, 0.6) is 0 Å². The van der Waals surface area contributed by atoms with Gasteiger partial charge in [0.25, 0.3) is 0 Å². The summed E-state index contributed by atoms with van der Waals surface area (Å²) >= 11 is 5.69. The zero-order valence-electron chi connectivity index (χ0n) is 7.50. The number of rotatable bonds is 4. The lowest BCUT2D eigenvalue weighted by Crippen LogP contribution is -2.09. The number of hydrogen-bond donors (Lipinski definition) is 0. The van der Waals surface area contributed by atoms with E-state index in [4.69, 9.17) is 11.6 Å². The average Bonchev–Trinajstić information content (AvgIpc) is 2.51. The van der Waals surface area contributed by atoms with Gasteiger partial charge in [-0.3, -0.25) is 0 Å². The van der Waals surface area contributed by atoms with Gasteiger partial charge in [-0.2, -0.15) is 5.10 Å². The molecule has 0 bridgehead atoms. The van der Waals surface area contributed by atoms with Gasteiger partial charge in [-0.1, -0.05) is 13.3 Å². The topological polar surface area (TPSA) is 30.7 Å². The highest BCUT2D eigenvalue weighted by molar-refractivity contribution is 6.16. The van der Waals surface area contributed by atoms with Crippen LogP contribution in [0.15, 0.2) is 6.33 Å². The molecule has 0 aromatic carbocycles. The van der Waals surface area contributed by atoms with Crippen LogP contribution in [-0.4, -0.2) is 14.8 Å². The Balaban J connectivity index is 2.71. The third-order valence-electron chi connectivity index (χ3n) is 1.89. The van der Waals surface area contributed by atoms with Gasteiger partial charge in [0.05, 0.1) is 11.9 Å². The summed E-state index contributed by atoms with van der Waals surface area (Å²) in [7, 11) is 0. The number of hydrogen-bond acceptors (Lipinski definition) is 2. The van der Waals surface area contributed by atoms with Crippen LogP contribution in [0.25, 0.3) is 0 Å². The van der Waals surface area contributed by atoms with Crippen molar-refractivity contribution >= 4 is 11.6 Å². The Morgan fingerprint density at radius 1 is 1.67 bits per heavy atom. The van der Waals surface area contributed by atoms with Crippen LogP contribution < -0.4 is 0 Å². The van der Waals surface area contributed by atoms with Gasteiger partial charge in [-0.15, -0.1) is 11.6 Å². The summed E-state index contributed by atoms with van der Waals surface area (Å²) in [6.07, 6.45) is 3.83. The van der Waals surface area contributed by atoms with E-state index in [2.05, 4.69) is 23.9 Å². The molecule has 12 heavy (non-hydrogen) atoms. The normalized spacial score (nSPS) is 13.2. The molecule has 1 atom stereocenters. The van der Waals surface area contributed by atoms with Crippen molar-refractivity contribution in [2.24, 2.45) is 0 Å². The third kappa shape index (κ3) is 1.97. The van der Waals surface area contributed by atoms with Gasteiger partial charge in [-0.05, 0) is 13.3 Å². The number of alkyl halides is 1. The molecule has 1 aromatic rings. The van der Waals surface area contributed by atoms with E-state index in [1.807, 2.05) is 4.68 Å². The second-order valence-electron chi connectivity index (χ2n) is 2.89. The Morgan fingerprint density at radius 2 is 2.42 bits per heavy atom. The van der Waals surface area contributed by atoms with E-state index in [9.17, 15) is 0 Å². The molecule has 4 heteroatoms. The van der Waals surface area contributed by atoms with Crippen molar-refractivity contribution in [3.63, 3.8) is 0 Å². The lowest BCUT2D eigenvalue weighted by molar-refractivity contribution is 0.442. The van der Waals surface area contributed by atoms with Crippen molar-refractivity contribution < 1.29 is 0 Å². The van der Waals surface area contributed by atoms with Crippen LogP contribution in [0, 0.1) is 0 Å². The van der Waals surface area contributed by atoms with E-state index >= 15 is 0 Å². The fourth-order valence-electron chi connectivity index (χ4n) is 1.28. The van der Waals surface area contributed by atoms with Crippen molar-refractivity contribution in [1.82, 2.24) is 14.8 Å². The van der Waals surface area contributed by atoms with Crippen LogP contribution in [0.2, 0.25) is 0 Å². The van der Waals surface area contributed by atoms with Crippen molar-refractivity contribution in [2.45, 2.75) is 38.6 Å². The summed E-state index contributed by atoms with van der Waals surface area (Å²) in [6, 6.07) is 0.409. The minimum absolute atomic E-state index is 0.409. The third-order valence-corrected chi connectivity index (χ3v) is 2.13. The molecule has 1 unspecified atom stereocenters. The lowest BCUT2D eigenvalue weighted by Gasteiger charge is -2.11. The van der Waals surface area contributed by atoms with Crippen molar-refractivity contribution in [1.29, 1.82) is 0 Å². The van der Waals surface area contributed by atoms with Gasteiger partial charge in [0.2, 0.25) is 0 Å². The van der Waals surface area contributed by atoms with Crippen LogP contribution in [0.1, 0.15) is 38.6 Å². The first-order valence-electron chi connectivity index (χ1n) is 4.24. The van der Waals surface area contributed by atoms with Gasteiger partial charge < -0.3 is 0 Å². The molecule has 0 radical (unpaired) electrons. The first-order chi connectivity index (χ1) is 5.79. The van der Waals surface area contributed by atoms with Gasteiger partial charge in [0, 0.05) is 0 Å². The number of nitrogens with zero attached hydrogens (tertiary/aromatic N) is 3. The maximum atomic E-state index is 5.69. The van der Waals surface area contributed by atoms with E-state index < -0.39 is 0 Å². The highest BCUT2D eigenvalue weighted by Gasteiger charge is 2.08. The van der Waals surface area contributed by atoms with Gasteiger partial charge in [0.1, 0.15) is 12.2 Å².